The summed E-state index contributed by atoms with van der Waals surface area (Å²) in [7, 11) is 0. The van der Waals surface area contributed by atoms with Gasteiger partial charge in [0, 0.05) is 18.7 Å². The van der Waals surface area contributed by atoms with Crippen LogP contribution in [0.1, 0.15) is 56.1 Å². The van der Waals surface area contributed by atoms with Crippen LogP contribution < -0.4 is 5.73 Å². The van der Waals surface area contributed by atoms with Crippen LogP contribution in [0, 0.1) is 6.92 Å². The Labute approximate surface area is 167 Å². The van der Waals surface area contributed by atoms with E-state index in [9.17, 15) is 0 Å². The van der Waals surface area contributed by atoms with Crippen molar-refractivity contribution in [2.45, 2.75) is 52.4 Å². The number of aromatic nitrogens is 2. The fourth-order valence-corrected chi connectivity index (χ4v) is 3.56. The van der Waals surface area contributed by atoms with Crippen molar-refractivity contribution >= 4 is 17.9 Å². The van der Waals surface area contributed by atoms with Gasteiger partial charge in [-0.3, -0.25) is 9.69 Å². The van der Waals surface area contributed by atoms with Crippen molar-refractivity contribution in [1.29, 1.82) is 0 Å². The monoisotopic (exact) mass is 394 g/mol. The van der Waals surface area contributed by atoms with Gasteiger partial charge in [-0.25, -0.2) is 9.97 Å². The fourth-order valence-electron chi connectivity index (χ4n) is 3.56. The molecule has 0 amide bonds. The van der Waals surface area contributed by atoms with E-state index in [2.05, 4.69) is 21.8 Å². The Kier molecular flexibility index (Phi) is 11.3. The topological polar surface area (TPSA) is 133 Å². The van der Waals surface area contributed by atoms with Gasteiger partial charge in [-0.2, -0.15) is 0 Å². The maximum atomic E-state index is 9.02. The van der Waals surface area contributed by atoms with E-state index < -0.39 is 0 Å². The Hall–Kier alpha value is -2.03. The first-order chi connectivity index (χ1) is 13.5. The maximum absolute atomic E-state index is 9.02. The summed E-state index contributed by atoms with van der Waals surface area (Å²) in [6.45, 7) is 6.34. The lowest BCUT2D eigenvalue weighted by Gasteiger charge is -2.19. The minimum absolute atomic E-state index is 0.150. The number of nitrogen functional groups attached to an aromatic ring is 1. The van der Waals surface area contributed by atoms with Crippen LogP contribution in [0.15, 0.2) is 5.57 Å². The van der Waals surface area contributed by atoms with Gasteiger partial charge < -0.3 is 21.1 Å². The molecular weight excluding hydrogens is 360 g/mol. The summed E-state index contributed by atoms with van der Waals surface area (Å²) in [6.07, 6.45) is 6.52. The number of fused-ring (bicyclic) bond motifs is 1. The number of hydrogen-bond donors (Lipinski definition) is 4. The van der Waals surface area contributed by atoms with Gasteiger partial charge in [0.2, 0.25) is 0 Å². The molecule has 1 aromatic rings. The molecule has 0 bridgehead atoms. The molecule has 8 nitrogen and oxygen atoms in total. The summed E-state index contributed by atoms with van der Waals surface area (Å²) in [5.74, 6) is 1.38. The van der Waals surface area contributed by atoms with Gasteiger partial charge in [-0.05, 0) is 51.6 Å². The molecule has 0 saturated heterocycles. The molecule has 2 rings (SSSR count). The lowest BCUT2D eigenvalue weighted by Crippen LogP contribution is -2.30. The maximum Gasteiger partial charge on any atom is 0.290 e. The van der Waals surface area contributed by atoms with Crippen LogP contribution >= 0.6 is 0 Å². The third-order valence-electron chi connectivity index (χ3n) is 4.88. The zero-order valence-electron chi connectivity index (χ0n) is 17.0. The van der Waals surface area contributed by atoms with Crippen LogP contribution in [0.5, 0.6) is 0 Å². The predicted molar refractivity (Wildman–Crippen MR) is 110 cm³/mol. The second kappa shape index (κ2) is 13.2. The molecule has 0 saturated carbocycles. The number of aryl methyl sites for hydroxylation is 1. The number of nitrogens with two attached hydrogens (primary N) is 1. The zero-order valence-corrected chi connectivity index (χ0v) is 17.0. The molecule has 0 aromatic carbocycles. The number of carbonyl (C=O) groups is 1. The van der Waals surface area contributed by atoms with E-state index in [-0.39, 0.29) is 19.7 Å². The first-order valence-electron chi connectivity index (χ1n) is 9.82. The van der Waals surface area contributed by atoms with Crippen LogP contribution in [0.25, 0.3) is 5.57 Å². The molecule has 1 aliphatic rings. The SMILES string of the molecule is CC1=C(CCCCCCN(CCO)CCO)c2nc(C)nc(N)c2C1.O=CO. The van der Waals surface area contributed by atoms with Gasteiger partial charge in [0.25, 0.3) is 6.47 Å². The molecule has 0 aliphatic heterocycles. The highest BCUT2D eigenvalue weighted by molar-refractivity contribution is 5.76. The molecular formula is C20H34N4O4. The molecule has 0 spiro atoms. The molecule has 8 heteroatoms. The number of aliphatic hydroxyl groups is 2. The fraction of sp³-hybridized carbons (Fsp3) is 0.650. The number of allylic oxidation sites excluding steroid dienone is 2. The Morgan fingerprint density at radius 1 is 1.04 bits per heavy atom. The predicted octanol–water partition coefficient (Wildman–Crippen LogP) is 1.63. The highest BCUT2D eigenvalue weighted by Crippen LogP contribution is 2.36. The van der Waals surface area contributed by atoms with Crippen molar-refractivity contribution in [2.75, 3.05) is 38.6 Å². The molecule has 0 unspecified atom stereocenters. The quantitative estimate of drug-likeness (QED) is 0.329. The van der Waals surface area contributed by atoms with E-state index in [0.29, 0.717) is 18.9 Å². The third kappa shape index (κ3) is 7.53. The largest absolute Gasteiger partial charge is 0.483 e. The van der Waals surface area contributed by atoms with Crippen LogP contribution in [0.4, 0.5) is 5.82 Å². The second-order valence-electron chi connectivity index (χ2n) is 6.98. The highest BCUT2D eigenvalue weighted by Gasteiger charge is 2.23. The van der Waals surface area contributed by atoms with E-state index in [1.807, 2.05) is 6.92 Å². The first kappa shape index (κ1) is 24.0. The van der Waals surface area contributed by atoms with Crippen LogP contribution in [-0.4, -0.2) is 69.5 Å². The van der Waals surface area contributed by atoms with Gasteiger partial charge in [-0.15, -0.1) is 0 Å². The molecule has 0 fully saturated rings. The zero-order chi connectivity index (χ0) is 20.9. The Morgan fingerprint density at radius 3 is 2.25 bits per heavy atom. The van der Waals surface area contributed by atoms with Crippen LogP contribution in [-0.2, 0) is 11.2 Å². The molecule has 1 heterocycles. The minimum atomic E-state index is -0.250. The third-order valence-corrected chi connectivity index (χ3v) is 4.88. The number of carboxylic acid groups (broad SMARTS) is 1. The summed E-state index contributed by atoms with van der Waals surface area (Å²) in [5.41, 5.74) is 10.9. The molecule has 5 N–H and O–H groups in total. The van der Waals surface area contributed by atoms with Crippen molar-refractivity contribution in [3.8, 4) is 0 Å². The number of hydrogen-bond acceptors (Lipinski definition) is 7. The summed E-state index contributed by atoms with van der Waals surface area (Å²) in [5, 5.41) is 24.9. The van der Waals surface area contributed by atoms with E-state index in [0.717, 1.165) is 55.7 Å². The molecule has 28 heavy (non-hydrogen) atoms. The van der Waals surface area contributed by atoms with Crippen LogP contribution in [0.3, 0.4) is 0 Å². The molecule has 0 radical (unpaired) electrons. The number of rotatable bonds is 11. The van der Waals surface area contributed by atoms with Crippen molar-refractivity contribution in [2.24, 2.45) is 0 Å². The Morgan fingerprint density at radius 2 is 1.64 bits per heavy atom. The van der Waals surface area contributed by atoms with Gasteiger partial charge in [-0.1, -0.05) is 18.4 Å². The average molecular weight is 395 g/mol. The van der Waals surface area contributed by atoms with E-state index in [1.54, 1.807) is 0 Å². The normalized spacial score (nSPS) is 12.8. The van der Waals surface area contributed by atoms with Crippen molar-refractivity contribution in [1.82, 2.24) is 14.9 Å². The smallest absolute Gasteiger partial charge is 0.290 e. The number of anilines is 1. The van der Waals surface area contributed by atoms with Crippen molar-refractivity contribution < 1.29 is 20.1 Å². The highest BCUT2D eigenvalue weighted by atomic mass is 16.3. The lowest BCUT2D eigenvalue weighted by atomic mass is 10.0. The number of aliphatic hydroxyl groups excluding tert-OH is 2. The number of nitrogens with zero attached hydrogens (tertiary/aromatic N) is 3. The number of unbranched alkanes of at least 4 members (excludes halogenated alkanes) is 3. The van der Waals surface area contributed by atoms with E-state index in [1.165, 1.54) is 17.6 Å². The minimum Gasteiger partial charge on any atom is -0.483 e. The van der Waals surface area contributed by atoms with Crippen molar-refractivity contribution in [3.05, 3.63) is 22.7 Å². The van der Waals surface area contributed by atoms with E-state index in [4.69, 9.17) is 25.8 Å². The molecule has 0 atom stereocenters. The molecule has 1 aromatic heterocycles. The Balaban J connectivity index is 0.00000122. The van der Waals surface area contributed by atoms with Crippen LogP contribution in [0.2, 0.25) is 0 Å². The van der Waals surface area contributed by atoms with Gasteiger partial charge in [0.1, 0.15) is 11.6 Å². The molecule has 158 valence electrons. The van der Waals surface area contributed by atoms with Gasteiger partial charge in [0.15, 0.2) is 0 Å². The van der Waals surface area contributed by atoms with Gasteiger partial charge in [0.05, 0.1) is 18.9 Å². The van der Waals surface area contributed by atoms with E-state index >= 15 is 0 Å². The summed E-state index contributed by atoms with van der Waals surface area (Å²) < 4.78 is 0. The lowest BCUT2D eigenvalue weighted by molar-refractivity contribution is -0.122. The summed E-state index contributed by atoms with van der Waals surface area (Å²) >= 11 is 0. The van der Waals surface area contributed by atoms with Crippen molar-refractivity contribution in [3.63, 3.8) is 0 Å². The first-order valence-corrected chi connectivity index (χ1v) is 9.82. The molecule has 1 aliphatic carbocycles. The summed E-state index contributed by atoms with van der Waals surface area (Å²) in [4.78, 5) is 19.4. The van der Waals surface area contributed by atoms with Gasteiger partial charge >= 0.3 is 0 Å². The second-order valence-corrected chi connectivity index (χ2v) is 6.98. The standard InChI is InChI=1S/C19H32N4O2.CH2O2/c1-14-13-17-18(21-15(2)22-19(17)20)16(14)7-5-3-4-6-8-23(9-11-24)10-12-25;2-1-3/h24-25H,3-13H2,1-2H3,(H2,20,21,22);1H,(H,2,3). The summed E-state index contributed by atoms with van der Waals surface area (Å²) in [6, 6.07) is 0. The average Bonchev–Trinajstić information content (AvgIpc) is 2.95. The Bertz CT molecular complexity index is 643.